The van der Waals surface area contributed by atoms with Crippen LogP contribution in [0, 0.1) is 0 Å². The Morgan fingerprint density at radius 1 is 1.09 bits per heavy atom. The van der Waals surface area contributed by atoms with E-state index in [0.717, 1.165) is 5.56 Å². The molecule has 1 aromatic carbocycles. The SMILES string of the molecule is CC(C)(C)OC(=O)NCCc1ccc(C(=O)Nc2ccncc2)cc1-c1c[nH]c(C(=O)O)c1. The minimum Gasteiger partial charge on any atom is -0.477 e. The van der Waals surface area contributed by atoms with Crippen LogP contribution in [0.3, 0.4) is 0 Å². The maximum atomic E-state index is 12.8. The van der Waals surface area contributed by atoms with Crippen LogP contribution >= 0.6 is 0 Å². The largest absolute Gasteiger partial charge is 0.477 e. The van der Waals surface area contributed by atoms with E-state index in [9.17, 15) is 19.5 Å². The quantitative estimate of drug-likeness (QED) is 0.428. The van der Waals surface area contributed by atoms with E-state index in [1.807, 2.05) is 0 Å². The van der Waals surface area contributed by atoms with Crippen molar-refractivity contribution in [3.8, 4) is 11.1 Å². The maximum Gasteiger partial charge on any atom is 0.407 e. The molecule has 33 heavy (non-hydrogen) atoms. The smallest absolute Gasteiger partial charge is 0.407 e. The minimum absolute atomic E-state index is 0.0365. The van der Waals surface area contributed by atoms with Gasteiger partial charge in [-0.3, -0.25) is 9.78 Å². The summed E-state index contributed by atoms with van der Waals surface area (Å²) in [7, 11) is 0. The van der Waals surface area contributed by atoms with Crippen molar-refractivity contribution >= 4 is 23.7 Å². The highest BCUT2D eigenvalue weighted by Crippen LogP contribution is 2.27. The van der Waals surface area contributed by atoms with Crippen molar-refractivity contribution in [2.24, 2.45) is 0 Å². The molecule has 0 fully saturated rings. The number of alkyl carbamates (subject to hydrolysis) is 1. The van der Waals surface area contributed by atoms with Crippen LogP contribution in [0.4, 0.5) is 10.5 Å². The Hall–Kier alpha value is -4.14. The van der Waals surface area contributed by atoms with E-state index >= 15 is 0 Å². The molecule has 3 rings (SSSR count). The van der Waals surface area contributed by atoms with Gasteiger partial charge in [0, 0.05) is 41.9 Å². The number of aromatic amines is 1. The predicted octanol–water partition coefficient (Wildman–Crippen LogP) is 4.09. The first-order valence-electron chi connectivity index (χ1n) is 10.4. The molecule has 3 aromatic rings. The van der Waals surface area contributed by atoms with Gasteiger partial charge in [0.05, 0.1) is 0 Å². The van der Waals surface area contributed by atoms with Crippen LogP contribution in [0.15, 0.2) is 55.0 Å². The fourth-order valence-corrected chi connectivity index (χ4v) is 3.13. The average Bonchev–Trinajstić information content (AvgIpc) is 3.24. The molecule has 0 unspecified atom stereocenters. The summed E-state index contributed by atoms with van der Waals surface area (Å²) in [5.41, 5.74) is 2.60. The van der Waals surface area contributed by atoms with Crippen molar-refractivity contribution in [1.29, 1.82) is 0 Å². The monoisotopic (exact) mass is 450 g/mol. The van der Waals surface area contributed by atoms with Gasteiger partial charge in [0.1, 0.15) is 11.3 Å². The number of nitrogens with one attached hydrogen (secondary N) is 3. The van der Waals surface area contributed by atoms with Crippen molar-refractivity contribution in [2.75, 3.05) is 11.9 Å². The molecule has 0 bridgehead atoms. The number of H-pyrrole nitrogens is 1. The maximum absolute atomic E-state index is 12.8. The molecule has 2 aromatic heterocycles. The number of carbonyl (C=O) groups is 3. The standard InChI is InChI=1S/C24H26N4O5/c1-24(2,3)33-23(32)26-11-6-15-4-5-16(21(29)28-18-7-9-25-10-8-18)12-19(15)17-13-20(22(30)31)27-14-17/h4-5,7-10,12-14,27H,6,11H2,1-3H3,(H,26,32)(H,30,31)(H,25,28,29). The third-order valence-electron chi connectivity index (χ3n) is 4.60. The van der Waals surface area contributed by atoms with Crippen molar-refractivity contribution in [3.05, 3.63) is 71.8 Å². The first-order chi connectivity index (χ1) is 15.6. The van der Waals surface area contributed by atoms with E-state index in [0.29, 0.717) is 35.3 Å². The van der Waals surface area contributed by atoms with E-state index in [-0.39, 0.29) is 11.6 Å². The second kappa shape index (κ2) is 9.99. The first kappa shape index (κ1) is 23.5. The van der Waals surface area contributed by atoms with Crippen LogP contribution in [-0.2, 0) is 11.2 Å². The number of rotatable bonds is 7. The molecule has 2 heterocycles. The Labute approximate surface area is 191 Å². The minimum atomic E-state index is -1.08. The Balaban J connectivity index is 1.83. The highest BCUT2D eigenvalue weighted by molar-refractivity contribution is 6.05. The van der Waals surface area contributed by atoms with Crippen LogP contribution in [-0.4, -0.2) is 45.2 Å². The molecule has 9 heteroatoms. The Kier molecular flexibility index (Phi) is 7.12. The molecule has 9 nitrogen and oxygen atoms in total. The molecule has 0 spiro atoms. The van der Waals surface area contributed by atoms with Gasteiger partial charge in [0.15, 0.2) is 0 Å². The van der Waals surface area contributed by atoms with Crippen molar-refractivity contribution in [1.82, 2.24) is 15.3 Å². The lowest BCUT2D eigenvalue weighted by Gasteiger charge is -2.20. The van der Waals surface area contributed by atoms with E-state index in [1.165, 1.54) is 6.07 Å². The summed E-state index contributed by atoms with van der Waals surface area (Å²) in [6, 6.07) is 10.1. The van der Waals surface area contributed by atoms with Crippen LogP contribution < -0.4 is 10.6 Å². The van der Waals surface area contributed by atoms with E-state index < -0.39 is 17.7 Å². The molecular weight excluding hydrogens is 424 g/mol. The molecule has 4 N–H and O–H groups in total. The first-order valence-corrected chi connectivity index (χ1v) is 10.4. The molecule has 2 amide bonds. The van der Waals surface area contributed by atoms with Gasteiger partial charge in [0.2, 0.25) is 0 Å². The summed E-state index contributed by atoms with van der Waals surface area (Å²) in [4.78, 5) is 42.6. The van der Waals surface area contributed by atoms with Crippen LogP contribution in [0.5, 0.6) is 0 Å². The number of benzene rings is 1. The van der Waals surface area contributed by atoms with Gasteiger partial charge in [-0.05, 0) is 68.7 Å². The van der Waals surface area contributed by atoms with Gasteiger partial charge < -0.3 is 25.5 Å². The number of aromatic nitrogens is 2. The summed E-state index contributed by atoms with van der Waals surface area (Å²) < 4.78 is 5.25. The topological polar surface area (TPSA) is 133 Å². The summed E-state index contributed by atoms with van der Waals surface area (Å²) >= 11 is 0. The molecular formula is C24H26N4O5. The number of hydrogen-bond acceptors (Lipinski definition) is 5. The lowest BCUT2D eigenvalue weighted by Crippen LogP contribution is -2.33. The van der Waals surface area contributed by atoms with Crippen LogP contribution in [0.1, 0.15) is 47.2 Å². The van der Waals surface area contributed by atoms with Gasteiger partial charge in [-0.25, -0.2) is 9.59 Å². The van der Waals surface area contributed by atoms with Gasteiger partial charge in [-0.15, -0.1) is 0 Å². The highest BCUT2D eigenvalue weighted by atomic mass is 16.6. The number of aromatic carboxylic acids is 1. The second-order valence-corrected chi connectivity index (χ2v) is 8.35. The summed E-state index contributed by atoms with van der Waals surface area (Å²) in [5, 5.41) is 14.8. The van der Waals surface area contributed by atoms with Gasteiger partial charge in [-0.2, -0.15) is 0 Å². The molecule has 0 saturated carbocycles. The zero-order chi connectivity index (χ0) is 24.0. The van der Waals surface area contributed by atoms with Gasteiger partial charge in [0.25, 0.3) is 5.91 Å². The van der Waals surface area contributed by atoms with E-state index in [1.54, 1.807) is 69.7 Å². The average molecular weight is 450 g/mol. The van der Waals surface area contributed by atoms with Gasteiger partial charge >= 0.3 is 12.1 Å². The van der Waals surface area contributed by atoms with E-state index in [2.05, 4.69) is 20.6 Å². The normalized spacial score (nSPS) is 11.0. The third-order valence-corrected chi connectivity index (χ3v) is 4.60. The van der Waals surface area contributed by atoms with Crippen molar-refractivity contribution < 1.29 is 24.2 Å². The molecule has 0 aliphatic heterocycles. The number of carbonyl (C=O) groups excluding carboxylic acids is 2. The number of carboxylic acid groups (broad SMARTS) is 1. The molecule has 0 atom stereocenters. The fraction of sp³-hybridized carbons (Fsp3) is 0.250. The van der Waals surface area contributed by atoms with Crippen molar-refractivity contribution in [3.63, 3.8) is 0 Å². The highest BCUT2D eigenvalue weighted by Gasteiger charge is 2.17. The predicted molar refractivity (Wildman–Crippen MR) is 123 cm³/mol. The lowest BCUT2D eigenvalue weighted by atomic mass is 9.96. The van der Waals surface area contributed by atoms with Crippen molar-refractivity contribution in [2.45, 2.75) is 32.8 Å². The molecule has 0 radical (unpaired) electrons. The van der Waals surface area contributed by atoms with E-state index in [4.69, 9.17) is 4.74 Å². The van der Waals surface area contributed by atoms with Crippen LogP contribution in [0.2, 0.25) is 0 Å². The fourth-order valence-electron chi connectivity index (χ4n) is 3.13. The zero-order valence-corrected chi connectivity index (χ0v) is 18.6. The number of nitrogens with zero attached hydrogens (tertiary/aromatic N) is 1. The number of hydrogen-bond donors (Lipinski definition) is 4. The number of amides is 2. The molecule has 0 aliphatic carbocycles. The third kappa shape index (κ3) is 6.67. The Morgan fingerprint density at radius 2 is 1.82 bits per heavy atom. The Morgan fingerprint density at radius 3 is 2.45 bits per heavy atom. The molecule has 0 aliphatic rings. The summed E-state index contributed by atoms with van der Waals surface area (Å²) in [5.74, 6) is -1.39. The summed E-state index contributed by atoms with van der Waals surface area (Å²) in [6.07, 6.45) is 4.67. The lowest BCUT2D eigenvalue weighted by molar-refractivity contribution is 0.0527. The second-order valence-electron chi connectivity index (χ2n) is 8.35. The summed E-state index contributed by atoms with van der Waals surface area (Å²) in [6.45, 7) is 5.66. The molecule has 0 saturated heterocycles. The number of carboxylic acids is 1. The number of anilines is 1. The van der Waals surface area contributed by atoms with Gasteiger partial charge in [-0.1, -0.05) is 6.07 Å². The number of pyridine rings is 1. The van der Waals surface area contributed by atoms with Crippen LogP contribution in [0.25, 0.3) is 11.1 Å². The Bertz CT molecular complexity index is 1150. The number of ether oxygens (including phenoxy) is 1. The molecule has 172 valence electrons. The zero-order valence-electron chi connectivity index (χ0n) is 18.6.